The fourth-order valence-electron chi connectivity index (χ4n) is 5.28. The first-order valence-corrected chi connectivity index (χ1v) is 11.8. The van der Waals surface area contributed by atoms with Gasteiger partial charge in [-0.1, -0.05) is 31.2 Å². The monoisotopic (exact) mass is 455 g/mol. The van der Waals surface area contributed by atoms with Crippen molar-refractivity contribution in [3.63, 3.8) is 0 Å². The van der Waals surface area contributed by atoms with Gasteiger partial charge in [-0.05, 0) is 44.8 Å². The Morgan fingerprint density at radius 1 is 1.34 bits per heavy atom. The Hall–Kier alpha value is -2.38. The van der Waals surface area contributed by atoms with Crippen molar-refractivity contribution in [2.75, 3.05) is 29.9 Å². The van der Waals surface area contributed by atoms with Crippen molar-refractivity contribution < 1.29 is 9.90 Å². The number of allylic oxidation sites excluding steroid dienone is 5. The second-order valence-corrected chi connectivity index (χ2v) is 9.89. The van der Waals surface area contributed by atoms with Crippen molar-refractivity contribution in [2.45, 2.75) is 63.1 Å². The van der Waals surface area contributed by atoms with Gasteiger partial charge in [0.25, 0.3) is 0 Å². The topological polar surface area (TPSA) is 81.6 Å². The number of anilines is 2. The molecular formula is C24H30ClN5O2. The van der Waals surface area contributed by atoms with Gasteiger partial charge in [-0.3, -0.25) is 4.79 Å². The van der Waals surface area contributed by atoms with Crippen LogP contribution >= 0.6 is 11.6 Å². The molecule has 1 aromatic rings. The van der Waals surface area contributed by atoms with Crippen molar-refractivity contribution in [3.05, 3.63) is 46.8 Å². The average molecular weight is 456 g/mol. The van der Waals surface area contributed by atoms with Crippen LogP contribution in [-0.4, -0.2) is 62.6 Å². The van der Waals surface area contributed by atoms with Crippen LogP contribution in [0.25, 0.3) is 0 Å². The third kappa shape index (κ3) is 3.17. The minimum absolute atomic E-state index is 0.00338. The summed E-state index contributed by atoms with van der Waals surface area (Å²) in [5.74, 6) is 1.39. The molecule has 170 valence electrons. The number of halogens is 1. The van der Waals surface area contributed by atoms with Gasteiger partial charge in [0.05, 0.1) is 35.0 Å². The molecule has 3 heterocycles. The van der Waals surface area contributed by atoms with Crippen molar-refractivity contribution in [1.29, 1.82) is 0 Å². The second kappa shape index (κ2) is 7.59. The van der Waals surface area contributed by atoms with E-state index in [0.29, 0.717) is 41.2 Å². The Morgan fingerprint density at radius 3 is 2.75 bits per heavy atom. The normalized spacial score (nSPS) is 28.0. The summed E-state index contributed by atoms with van der Waals surface area (Å²) < 4.78 is 0. The molecule has 2 N–H and O–H groups in total. The van der Waals surface area contributed by atoms with Gasteiger partial charge in [0.1, 0.15) is 5.82 Å². The zero-order valence-electron chi connectivity index (χ0n) is 18.7. The smallest absolute Gasteiger partial charge is 0.228 e. The van der Waals surface area contributed by atoms with Crippen molar-refractivity contribution in [1.82, 2.24) is 14.9 Å². The number of carbonyl (C=O) groups excluding carboxylic acids is 1. The van der Waals surface area contributed by atoms with Crippen LogP contribution in [-0.2, 0) is 6.42 Å². The Morgan fingerprint density at radius 2 is 2.12 bits per heavy atom. The van der Waals surface area contributed by atoms with E-state index in [9.17, 15) is 9.90 Å². The molecule has 7 nitrogen and oxygen atoms in total. The molecule has 0 amide bonds. The molecule has 4 aliphatic rings. The maximum atomic E-state index is 12.5. The Balaban J connectivity index is 1.41. The number of fused-ring (bicyclic) bond motifs is 2. The zero-order chi connectivity index (χ0) is 22.7. The minimum atomic E-state index is -0.336. The summed E-state index contributed by atoms with van der Waals surface area (Å²) in [6.07, 6.45) is 9.46. The standard InChI is InChI=1S/C24H30ClN5O2/c1-4-16(25)7-6-15(3)29-13-24(5-2)19(29)12-30(24)22-26-17-8-9-18(32)20(17)21(27-22)28-23(14-31)10-11-23/h4,6-7,19,31H,1,5,8-14H2,2-3H3,(H,26,27,28)/b15-6+,16-7+/t19?,24-/m1/s1. The lowest BCUT2D eigenvalue weighted by Crippen LogP contribution is -2.87. The largest absolute Gasteiger partial charge is 0.394 e. The lowest BCUT2D eigenvalue weighted by Gasteiger charge is -2.71. The van der Waals surface area contributed by atoms with Gasteiger partial charge in [0, 0.05) is 30.2 Å². The number of rotatable bonds is 8. The minimum Gasteiger partial charge on any atom is -0.394 e. The molecular weight excluding hydrogens is 426 g/mol. The Kier molecular flexibility index (Phi) is 5.09. The maximum Gasteiger partial charge on any atom is 0.228 e. The number of carbonyl (C=O) groups is 1. The first kappa shape index (κ1) is 21.5. The molecule has 0 spiro atoms. The number of aliphatic hydroxyl groups is 1. The molecule has 0 radical (unpaired) electrons. The Labute approximate surface area is 193 Å². The highest BCUT2D eigenvalue weighted by Gasteiger charge is 2.64. The van der Waals surface area contributed by atoms with E-state index in [0.717, 1.165) is 38.0 Å². The quantitative estimate of drug-likeness (QED) is 0.581. The number of aromatic nitrogens is 2. The van der Waals surface area contributed by atoms with Crippen LogP contribution in [0.15, 0.2) is 35.5 Å². The molecule has 1 aromatic heterocycles. The van der Waals surface area contributed by atoms with E-state index < -0.39 is 0 Å². The maximum absolute atomic E-state index is 12.5. The molecule has 2 atom stereocenters. The molecule has 32 heavy (non-hydrogen) atoms. The number of Topliss-reactive ketones (excluding diaryl/α,β-unsaturated/α-hetero) is 1. The van der Waals surface area contributed by atoms with Crippen LogP contribution in [0, 0.1) is 0 Å². The SMILES string of the molecule is C=C/C(Cl)=C\C=C(/C)N1C[C@]2(CC)C1CN2c1nc2c(c(NC3(CO)CC3)n1)C(=O)CC2. The molecule has 8 heteroatoms. The third-order valence-corrected chi connectivity index (χ3v) is 7.98. The van der Waals surface area contributed by atoms with E-state index in [1.807, 2.05) is 12.2 Å². The Bertz CT molecular complexity index is 1050. The predicted octanol–water partition coefficient (Wildman–Crippen LogP) is 3.41. The van der Waals surface area contributed by atoms with Crippen LogP contribution in [0.1, 0.15) is 55.6 Å². The lowest BCUT2D eigenvalue weighted by molar-refractivity contribution is -0.0440. The summed E-state index contributed by atoms with van der Waals surface area (Å²) in [4.78, 5) is 26.9. The van der Waals surface area contributed by atoms with Crippen LogP contribution in [0.3, 0.4) is 0 Å². The lowest BCUT2D eigenvalue weighted by atomic mass is 9.68. The number of hydrogen-bond acceptors (Lipinski definition) is 7. The first-order chi connectivity index (χ1) is 15.4. The van der Waals surface area contributed by atoms with E-state index in [1.54, 1.807) is 6.08 Å². The number of aryl methyl sites for hydroxylation is 1. The van der Waals surface area contributed by atoms with E-state index in [1.165, 1.54) is 5.70 Å². The van der Waals surface area contributed by atoms with E-state index in [-0.39, 0.29) is 23.5 Å². The van der Waals surface area contributed by atoms with Crippen LogP contribution in [0.2, 0.25) is 0 Å². The third-order valence-electron chi connectivity index (χ3n) is 7.70. The number of nitrogens with zero attached hydrogens (tertiary/aromatic N) is 4. The van der Waals surface area contributed by atoms with Crippen LogP contribution < -0.4 is 10.2 Å². The summed E-state index contributed by atoms with van der Waals surface area (Å²) in [6, 6.07) is 0.404. The summed E-state index contributed by atoms with van der Waals surface area (Å²) in [5, 5.41) is 13.8. The molecule has 1 saturated carbocycles. The van der Waals surface area contributed by atoms with Gasteiger partial charge >= 0.3 is 0 Å². The van der Waals surface area contributed by atoms with Gasteiger partial charge in [0.2, 0.25) is 5.95 Å². The van der Waals surface area contributed by atoms with Crippen molar-refractivity contribution in [2.24, 2.45) is 0 Å². The summed E-state index contributed by atoms with van der Waals surface area (Å²) in [6.45, 7) is 9.80. The van der Waals surface area contributed by atoms with Gasteiger partial charge in [-0.15, -0.1) is 0 Å². The molecule has 5 rings (SSSR count). The van der Waals surface area contributed by atoms with Gasteiger partial charge < -0.3 is 20.2 Å². The second-order valence-electron chi connectivity index (χ2n) is 9.46. The number of piperazine rings is 1. The van der Waals surface area contributed by atoms with Gasteiger partial charge in [-0.25, -0.2) is 4.98 Å². The number of aliphatic hydroxyl groups excluding tert-OH is 1. The molecule has 0 bridgehead atoms. The number of ketones is 1. The zero-order valence-corrected chi connectivity index (χ0v) is 19.5. The summed E-state index contributed by atoms with van der Waals surface area (Å²) in [5.41, 5.74) is 2.31. The molecule has 0 aromatic carbocycles. The average Bonchev–Trinajstić information content (AvgIpc) is 3.46. The highest BCUT2D eigenvalue weighted by Crippen LogP contribution is 2.50. The van der Waals surface area contributed by atoms with E-state index in [4.69, 9.17) is 21.6 Å². The van der Waals surface area contributed by atoms with E-state index in [2.05, 4.69) is 35.5 Å². The highest BCUT2D eigenvalue weighted by atomic mass is 35.5. The molecule has 1 unspecified atom stereocenters. The van der Waals surface area contributed by atoms with Crippen LogP contribution in [0.5, 0.6) is 0 Å². The van der Waals surface area contributed by atoms with E-state index >= 15 is 0 Å². The van der Waals surface area contributed by atoms with Gasteiger partial charge in [-0.2, -0.15) is 4.98 Å². The van der Waals surface area contributed by atoms with Crippen molar-refractivity contribution in [3.8, 4) is 0 Å². The molecule has 2 saturated heterocycles. The summed E-state index contributed by atoms with van der Waals surface area (Å²) >= 11 is 6.05. The first-order valence-electron chi connectivity index (χ1n) is 11.4. The molecule has 2 aliphatic heterocycles. The van der Waals surface area contributed by atoms with Crippen molar-refractivity contribution >= 4 is 29.2 Å². The number of nitrogens with one attached hydrogen (secondary N) is 1. The number of likely N-dealkylation sites (tertiary alicyclic amines) is 1. The fraction of sp³-hybridized carbons (Fsp3) is 0.542. The van der Waals surface area contributed by atoms with Crippen LogP contribution in [0.4, 0.5) is 11.8 Å². The molecule has 3 fully saturated rings. The summed E-state index contributed by atoms with van der Waals surface area (Å²) in [7, 11) is 0. The molecule has 2 aliphatic carbocycles. The predicted molar refractivity (Wildman–Crippen MR) is 126 cm³/mol. The number of hydrogen-bond donors (Lipinski definition) is 2. The highest BCUT2D eigenvalue weighted by molar-refractivity contribution is 6.31. The van der Waals surface area contributed by atoms with Gasteiger partial charge in [0.15, 0.2) is 5.78 Å². The fourth-order valence-corrected chi connectivity index (χ4v) is 5.34.